The Hall–Kier alpha value is -5.66. The number of methoxy groups -OCH3 is 1. The number of nitrogens with zero attached hydrogens (tertiary/aromatic N) is 5. The van der Waals surface area contributed by atoms with Gasteiger partial charge in [0.1, 0.15) is 23.7 Å². The second-order valence-corrected chi connectivity index (χ2v) is 14.8. The Morgan fingerprint density at radius 3 is 1.61 bits per heavy atom. The average molecular weight is 739 g/mol. The Balaban J connectivity index is 1.11. The smallest absolute Gasteiger partial charge is 0.407 e. The molecule has 14 nitrogen and oxygen atoms in total. The number of likely N-dealkylation sites (N-methyl/N-ethyl adjacent to an activating group) is 1. The van der Waals surface area contributed by atoms with E-state index < -0.39 is 24.3 Å². The number of carbonyl (C=O) groups excluding carboxylic acids is 3. The molecule has 4 N–H and O–H groups in total. The number of nitrogens with one attached hydrogen (secondary N) is 3. The summed E-state index contributed by atoms with van der Waals surface area (Å²) in [6, 6.07) is 14.5. The Kier molecular flexibility index (Phi) is 11.4. The molecule has 0 spiro atoms. The fourth-order valence-corrected chi connectivity index (χ4v) is 7.68. The van der Waals surface area contributed by atoms with Gasteiger partial charge in [0.05, 0.1) is 43.0 Å². The predicted molar refractivity (Wildman–Crippen MR) is 203 cm³/mol. The number of aromatic nitrogens is 4. The van der Waals surface area contributed by atoms with Gasteiger partial charge in [0.2, 0.25) is 11.8 Å². The highest BCUT2D eigenvalue weighted by Crippen LogP contribution is 2.35. The minimum atomic E-state index is -1.13. The number of likely N-dealkylation sites (tertiary alicyclic amines) is 2. The van der Waals surface area contributed by atoms with Crippen LogP contribution in [0.15, 0.2) is 60.9 Å². The molecule has 4 amide bonds. The molecule has 2 fully saturated rings. The van der Waals surface area contributed by atoms with Gasteiger partial charge in [-0.05, 0) is 59.8 Å². The van der Waals surface area contributed by atoms with Crippen molar-refractivity contribution in [1.82, 2.24) is 40.0 Å². The van der Waals surface area contributed by atoms with E-state index in [2.05, 4.69) is 49.5 Å². The summed E-state index contributed by atoms with van der Waals surface area (Å²) in [5, 5.41) is 12.3. The molecule has 2 aliphatic rings. The maximum absolute atomic E-state index is 13.6. The van der Waals surface area contributed by atoms with Gasteiger partial charge in [-0.1, -0.05) is 76.2 Å². The number of aromatic amines is 2. The first-order chi connectivity index (χ1) is 25.9. The van der Waals surface area contributed by atoms with Crippen LogP contribution in [0.25, 0.3) is 33.6 Å². The number of rotatable bonds is 11. The van der Waals surface area contributed by atoms with Crippen molar-refractivity contribution in [3.63, 3.8) is 0 Å². The predicted octanol–water partition coefficient (Wildman–Crippen LogP) is 6.48. The summed E-state index contributed by atoms with van der Waals surface area (Å²) >= 11 is 0. The van der Waals surface area contributed by atoms with E-state index in [-0.39, 0.29) is 35.7 Å². The van der Waals surface area contributed by atoms with E-state index >= 15 is 0 Å². The molecule has 6 rings (SSSR count). The fraction of sp³-hybridized carbons (Fsp3) is 0.450. The summed E-state index contributed by atoms with van der Waals surface area (Å²) in [5.74, 6) is 0.793. The molecule has 14 heteroatoms. The lowest BCUT2D eigenvalue weighted by molar-refractivity contribution is -0.138. The van der Waals surface area contributed by atoms with E-state index in [1.54, 1.807) is 22.2 Å². The number of alkyl carbamates (subject to hydrolysis) is 1. The summed E-state index contributed by atoms with van der Waals surface area (Å²) in [5.41, 5.74) is 5.71. The Bertz CT molecular complexity index is 1950. The third-order valence-corrected chi connectivity index (χ3v) is 10.6. The van der Waals surface area contributed by atoms with Gasteiger partial charge in [-0.3, -0.25) is 14.5 Å². The van der Waals surface area contributed by atoms with Crippen molar-refractivity contribution in [3.8, 4) is 33.6 Å². The minimum Gasteiger partial charge on any atom is -0.465 e. The standard InChI is InChI=1S/C40H50N8O6/c1-23(2)33(45-39(51)54-6)37(49)47-19-7-9-31(47)35-41-21-29(43-35)27-15-11-25(12-16-27)26-13-17-28(18-14-26)30-22-42-36(44-30)32-10-8-20-48(32)38(50)34(24(3)4)46(5)40(52)53/h11-18,21-24,31-34H,7-10,19-20H2,1-6H3,(H,41,43)(H,42,44)(H,45,51)(H,52,53)/t31-,32-,33+,34+/m1/s1. The third-order valence-electron chi connectivity index (χ3n) is 10.6. The Morgan fingerprint density at radius 1 is 0.759 bits per heavy atom. The zero-order chi connectivity index (χ0) is 38.7. The molecule has 0 unspecified atom stereocenters. The molecular formula is C40H50N8O6. The summed E-state index contributed by atoms with van der Waals surface area (Å²) in [7, 11) is 2.73. The van der Waals surface area contributed by atoms with Gasteiger partial charge in [0.25, 0.3) is 0 Å². The Morgan fingerprint density at radius 2 is 1.20 bits per heavy atom. The molecule has 54 heavy (non-hydrogen) atoms. The van der Waals surface area contributed by atoms with E-state index in [1.807, 2.05) is 52.0 Å². The number of hydrogen-bond donors (Lipinski definition) is 4. The molecule has 0 aliphatic carbocycles. The van der Waals surface area contributed by atoms with Crippen molar-refractivity contribution in [2.45, 2.75) is 77.5 Å². The topological polar surface area (TPSA) is 177 Å². The van der Waals surface area contributed by atoms with Crippen LogP contribution in [0.1, 0.15) is 77.1 Å². The lowest BCUT2D eigenvalue weighted by atomic mass is 10.0. The molecule has 286 valence electrons. The van der Waals surface area contributed by atoms with Crippen LogP contribution in [-0.4, -0.2) is 103 Å². The van der Waals surface area contributed by atoms with Crippen molar-refractivity contribution >= 4 is 24.0 Å². The zero-order valence-corrected chi connectivity index (χ0v) is 31.7. The fourth-order valence-electron chi connectivity index (χ4n) is 7.68. The molecule has 0 radical (unpaired) electrons. The number of amides is 4. The molecule has 0 bridgehead atoms. The second kappa shape index (κ2) is 16.1. The first-order valence-electron chi connectivity index (χ1n) is 18.6. The molecule has 2 aromatic heterocycles. The van der Waals surface area contributed by atoms with Gasteiger partial charge in [-0.15, -0.1) is 0 Å². The monoisotopic (exact) mass is 738 g/mol. The van der Waals surface area contributed by atoms with Crippen LogP contribution in [0.3, 0.4) is 0 Å². The molecule has 2 aromatic carbocycles. The largest absolute Gasteiger partial charge is 0.465 e. The van der Waals surface area contributed by atoms with E-state index in [0.29, 0.717) is 18.9 Å². The molecule has 2 aliphatic heterocycles. The average Bonchev–Trinajstić information content (AvgIpc) is 4.00. The molecule has 2 saturated heterocycles. The van der Waals surface area contributed by atoms with Crippen LogP contribution in [0, 0.1) is 11.8 Å². The maximum atomic E-state index is 13.6. The van der Waals surface area contributed by atoms with Gasteiger partial charge in [-0.25, -0.2) is 19.6 Å². The van der Waals surface area contributed by atoms with E-state index in [4.69, 9.17) is 4.74 Å². The molecule has 4 aromatic rings. The summed E-state index contributed by atoms with van der Waals surface area (Å²) in [4.78, 5) is 71.6. The van der Waals surface area contributed by atoms with Crippen LogP contribution >= 0.6 is 0 Å². The molecule has 4 atom stereocenters. The normalized spacial score (nSPS) is 18.2. The van der Waals surface area contributed by atoms with Crippen LogP contribution in [0.5, 0.6) is 0 Å². The quantitative estimate of drug-likeness (QED) is 0.135. The van der Waals surface area contributed by atoms with Gasteiger partial charge in [-0.2, -0.15) is 0 Å². The lowest BCUT2D eigenvalue weighted by Gasteiger charge is -2.33. The van der Waals surface area contributed by atoms with Crippen LogP contribution < -0.4 is 5.32 Å². The number of carboxylic acid groups (broad SMARTS) is 1. The number of ether oxygens (including phenoxy) is 1. The van der Waals surface area contributed by atoms with Crippen LogP contribution in [0.2, 0.25) is 0 Å². The van der Waals surface area contributed by atoms with Crippen LogP contribution in [-0.2, 0) is 14.3 Å². The molecule has 4 heterocycles. The summed E-state index contributed by atoms with van der Waals surface area (Å²) in [6.45, 7) is 8.66. The highest BCUT2D eigenvalue weighted by Gasteiger charge is 2.40. The van der Waals surface area contributed by atoms with Gasteiger partial charge < -0.3 is 34.9 Å². The summed E-state index contributed by atoms with van der Waals surface area (Å²) in [6.07, 6.45) is 5.02. The number of imidazole rings is 2. The van der Waals surface area contributed by atoms with Crippen molar-refractivity contribution in [2.24, 2.45) is 11.8 Å². The van der Waals surface area contributed by atoms with Gasteiger partial charge in [0.15, 0.2) is 0 Å². The number of benzene rings is 2. The zero-order valence-electron chi connectivity index (χ0n) is 31.7. The summed E-state index contributed by atoms with van der Waals surface area (Å²) < 4.78 is 4.75. The maximum Gasteiger partial charge on any atom is 0.407 e. The third kappa shape index (κ3) is 7.82. The van der Waals surface area contributed by atoms with E-state index in [0.717, 1.165) is 70.0 Å². The molecular weight excluding hydrogens is 688 g/mol. The highest BCUT2D eigenvalue weighted by atomic mass is 16.5. The second-order valence-electron chi connectivity index (χ2n) is 14.8. The van der Waals surface area contributed by atoms with Gasteiger partial charge in [0, 0.05) is 20.1 Å². The van der Waals surface area contributed by atoms with Crippen molar-refractivity contribution in [1.29, 1.82) is 0 Å². The van der Waals surface area contributed by atoms with Gasteiger partial charge >= 0.3 is 12.2 Å². The van der Waals surface area contributed by atoms with Crippen LogP contribution in [0.4, 0.5) is 9.59 Å². The van der Waals surface area contributed by atoms with Crippen molar-refractivity contribution < 1.29 is 29.0 Å². The van der Waals surface area contributed by atoms with E-state index in [1.165, 1.54) is 14.2 Å². The number of hydrogen-bond acceptors (Lipinski definition) is 7. The first-order valence-corrected chi connectivity index (χ1v) is 18.6. The van der Waals surface area contributed by atoms with Crippen molar-refractivity contribution in [3.05, 3.63) is 72.6 Å². The highest BCUT2D eigenvalue weighted by molar-refractivity contribution is 5.87. The minimum absolute atomic E-state index is 0.107. The SMILES string of the molecule is COC(=O)N[C@H](C(=O)N1CCC[C@@H]1c1ncc(-c2ccc(-c3ccc(-c4cnc([C@H]5CCCN5C(=O)[C@H](C(C)C)N(C)C(=O)O)[nH]4)cc3)cc2)[nH]1)C(C)C. The first kappa shape index (κ1) is 38.1. The number of H-pyrrole nitrogens is 2. The number of carbonyl (C=O) groups is 4. The van der Waals surface area contributed by atoms with Crippen molar-refractivity contribution in [2.75, 3.05) is 27.2 Å². The Labute approximate surface area is 315 Å². The molecule has 0 saturated carbocycles. The lowest BCUT2D eigenvalue weighted by Crippen LogP contribution is -2.51. The van der Waals surface area contributed by atoms with E-state index in [9.17, 15) is 24.3 Å².